The van der Waals surface area contributed by atoms with Gasteiger partial charge in [0, 0.05) is 5.33 Å². The highest BCUT2D eigenvalue weighted by atomic mass is 79.9. The Labute approximate surface area is 236 Å². The van der Waals surface area contributed by atoms with Crippen LogP contribution in [0.4, 0.5) is 0 Å². The van der Waals surface area contributed by atoms with Crippen molar-refractivity contribution in [2.75, 3.05) is 11.9 Å². The van der Waals surface area contributed by atoms with Crippen molar-refractivity contribution >= 4 is 15.9 Å². The molecule has 0 unspecified atom stereocenters. The van der Waals surface area contributed by atoms with E-state index in [0.29, 0.717) is 0 Å². The molecule has 1 nitrogen and oxygen atoms in total. The van der Waals surface area contributed by atoms with Gasteiger partial charge < -0.3 is 5.11 Å². The zero-order valence-electron chi connectivity index (χ0n) is 23.8. The van der Waals surface area contributed by atoms with Crippen LogP contribution in [-0.4, -0.2) is 17.0 Å². The molecule has 0 aliphatic heterocycles. The van der Waals surface area contributed by atoms with Crippen LogP contribution >= 0.6 is 15.9 Å². The lowest BCUT2D eigenvalue weighted by Gasteiger charge is -2.01. The van der Waals surface area contributed by atoms with Crippen molar-refractivity contribution in [2.45, 2.75) is 134 Å². The third kappa shape index (κ3) is 30.9. The second-order valence-electron chi connectivity index (χ2n) is 9.57. The van der Waals surface area contributed by atoms with E-state index in [1.54, 1.807) is 0 Å². The molecular weight excluding hydrogens is 504 g/mol. The van der Waals surface area contributed by atoms with Crippen molar-refractivity contribution in [1.29, 1.82) is 0 Å². The number of aliphatic hydroxyl groups excluding tert-OH is 1. The molecule has 0 aromatic carbocycles. The molecule has 0 saturated heterocycles. The molecule has 0 atom stereocenters. The molecule has 0 saturated carbocycles. The summed E-state index contributed by atoms with van der Waals surface area (Å²) in [7, 11) is 0. The summed E-state index contributed by atoms with van der Waals surface area (Å²) in [5, 5.41) is 9.86. The minimum absolute atomic E-state index is 0. The molecule has 2 heteroatoms. The quantitative estimate of drug-likeness (QED) is 0.145. The average molecular weight is 568 g/mol. The van der Waals surface area contributed by atoms with Crippen molar-refractivity contribution in [3.05, 3.63) is 69.9 Å². The van der Waals surface area contributed by atoms with Gasteiger partial charge in [0.1, 0.15) is 0 Å². The highest BCUT2D eigenvalue weighted by molar-refractivity contribution is 9.09. The van der Waals surface area contributed by atoms with Crippen LogP contribution < -0.4 is 0 Å². The molecule has 0 aromatic heterocycles. The van der Waals surface area contributed by atoms with Gasteiger partial charge in [-0.1, -0.05) is 115 Å². The van der Waals surface area contributed by atoms with Crippen LogP contribution in [-0.2, 0) is 0 Å². The van der Waals surface area contributed by atoms with Gasteiger partial charge in [-0.05, 0) is 106 Å². The Balaban J connectivity index is -0.000000269. The van der Waals surface area contributed by atoms with Gasteiger partial charge in [0.05, 0.1) is 6.61 Å². The number of halogens is 1. The average Bonchev–Trinajstić information content (AvgIpc) is 2.79. The van der Waals surface area contributed by atoms with E-state index >= 15 is 0 Å². The van der Waals surface area contributed by atoms with E-state index in [0.717, 1.165) is 43.0 Å². The maximum absolute atomic E-state index is 8.86. The third-order valence-corrected chi connectivity index (χ3v) is 6.58. The highest BCUT2D eigenvalue weighted by Crippen LogP contribution is 2.13. The van der Waals surface area contributed by atoms with Crippen molar-refractivity contribution in [3.8, 4) is 0 Å². The van der Waals surface area contributed by atoms with Gasteiger partial charge in [-0.3, -0.25) is 0 Å². The monoisotopic (exact) mass is 566 g/mol. The van der Waals surface area contributed by atoms with Crippen LogP contribution in [0.25, 0.3) is 0 Å². The smallest absolute Gasteiger partial charge is 0.0639 e. The van der Waals surface area contributed by atoms with Gasteiger partial charge in [0.25, 0.3) is 0 Å². The molecule has 36 heavy (non-hydrogen) atoms. The Morgan fingerprint density at radius 3 is 1.06 bits per heavy atom. The van der Waals surface area contributed by atoms with E-state index in [1.165, 1.54) is 60.0 Å². The lowest BCUT2D eigenvalue weighted by atomic mass is 10.1. The molecule has 0 spiro atoms. The Morgan fingerprint density at radius 1 is 0.500 bits per heavy atom. The predicted molar refractivity (Wildman–Crippen MR) is 174 cm³/mol. The topological polar surface area (TPSA) is 20.2 Å². The zero-order chi connectivity index (χ0) is 26.2. The number of hydrogen-bond donors (Lipinski definition) is 1. The first-order valence-electron chi connectivity index (χ1n) is 13.3. The standard InChI is InChI=1S/C16H27Br.C16H28O.2CH4/c2*1-5-8-14(2)9-6-10-15(3)11-7-12-16(4)13-17;;/h8,10,12H,5-7,9,11,13H2,1-4H3;8,10,12,17H,5-7,9,11,13H2,1-4H3;2*1H4/b2*14-8+,15-10+,16-12+;;. The zero-order valence-corrected chi connectivity index (χ0v) is 25.4. The number of alkyl halides is 1. The fraction of sp³-hybridized carbons (Fsp3) is 0.647. The van der Waals surface area contributed by atoms with Gasteiger partial charge in [0.15, 0.2) is 0 Å². The van der Waals surface area contributed by atoms with Gasteiger partial charge >= 0.3 is 0 Å². The molecule has 0 fully saturated rings. The van der Waals surface area contributed by atoms with Gasteiger partial charge in [-0.25, -0.2) is 0 Å². The van der Waals surface area contributed by atoms with Gasteiger partial charge in [-0.15, -0.1) is 0 Å². The molecule has 0 rings (SSSR count). The summed E-state index contributed by atoms with van der Waals surface area (Å²) in [6.45, 7) is 17.6. The van der Waals surface area contributed by atoms with E-state index < -0.39 is 0 Å². The first-order valence-corrected chi connectivity index (χ1v) is 14.4. The largest absolute Gasteiger partial charge is 0.392 e. The van der Waals surface area contributed by atoms with Crippen molar-refractivity contribution in [1.82, 2.24) is 0 Å². The maximum atomic E-state index is 8.86. The number of allylic oxidation sites excluding steroid dienone is 11. The van der Waals surface area contributed by atoms with E-state index in [4.69, 9.17) is 5.11 Å². The van der Waals surface area contributed by atoms with Crippen LogP contribution in [0.5, 0.6) is 0 Å². The first kappa shape index (κ1) is 42.0. The Bertz CT molecular complexity index is 626. The van der Waals surface area contributed by atoms with Crippen LogP contribution in [0.3, 0.4) is 0 Å². The van der Waals surface area contributed by atoms with E-state index in [-0.39, 0.29) is 21.5 Å². The third-order valence-electron chi connectivity index (χ3n) is 5.69. The minimum atomic E-state index is 0. The summed E-state index contributed by atoms with van der Waals surface area (Å²) in [6, 6.07) is 0. The Hall–Kier alpha value is -1.12. The maximum Gasteiger partial charge on any atom is 0.0639 e. The molecule has 0 aliphatic carbocycles. The lowest BCUT2D eigenvalue weighted by Crippen LogP contribution is -1.84. The molecule has 0 aliphatic rings. The van der Waals surface area contributed by atoms with Gasteiger partial charge in [-0.2, -0.15) is 0 Å². The summed E-state index contributed by atoms with van der Waals surface area (Å²) in [6.07, 6.45) is 25.3. The van der Waals surface area contributed by atoms with Crippen molar-refractivity contribution in [3.63, 3.8) is 0 Å². The fourth-order valence-corrected chi connectivity index (χ4v) is 3.64. The van der Waals surface area contributed by atoms with Crippen LogP contribution in [0.1, 0.15) is 134 Å². The Kier molecular flexibility index (Phi) is 35.1. The summed E-state index contributed by atoms with van der Waals surface area (Å²) >= 11 is 3.47. The van der Waals surface area contributed by atoms with Crippen LogP contribution in [0, 0.1) is 0 Å². The summed E-state index contributed by atoms with van der Waals surface area (Å²) < 4.78 is 0. The van der Waals surface area contributed by atoms with Crippen LogP contribution in [0.15, 0.2) is 69.9 Å². The molecule has 0 bridgehead atoms. The lowest BCUT2D eigenvalue weighted by molar-refractivity contribution is 0.331. The number of hydrogen-bond acceptors (Lipinski definition) is 1. The van der Waals surface area contributed by atoms with E-state index in [9.17, 15) is 0 Å². The Morgan fingerprint density at radius 2 is 0.778 bits per heavy atom. The summed E-state index contributed by atoms with van der Waals surface area (Å²) in [5.41, 5.74) is 8.49. The molecule has 0 amide bonds. The summed E-state index contributed by atoms with van der Waals surface area (Å²) in [5.74, 6) is 0. The normalized spacial score (nSPS) is 13.5. The predicted octanol–water partition coefficient (Wildman–Crippen LogP) is 12.3. The second kappa shape index (κ2) is 30.1. The molecule has 1 N–H and O–H groups in total. The SMILES string of the molecule is C.C.CC/C=C(\C)CC/C=C(\C)CC/C=C(\C)CBr.CC/C=C(\C)CC/C=C(\C)CC/C=C(\C)CO. The molecule has 0 aromatic rings. The van der Waals surface area contributed by atoms with E-state index in [2.05, 4.69) is 101 Å². The number of rotatable bonds is 16. The van der Waals surface area contributed by atoms with Gasteiger partial charge in [0.2, 0.25) is 0 Å². The highest BCUT2D eigenvalue weighted by Gasteiger charge is 1.93. The first-order chi connectivity index (χ1) is 16.2. The molecular formula is C34H63BrO. The fourth-order valence-electron chi connectivity index (χ4n) is 3.41. The molecule has 212 valence electrons. The summed E-state index contributed by atoms with van der Waals surface area (Å²) in [4.78, 5) is 0. The molecule has 0 heterocycles. The number of aliphatic hydroxyl groups is 1. The van der Waals surface area contributed by atoms with Crippen LogP contribution in [0.2, 0.25) is 0 Å². The van der Waals surface area contributed by atoms with Crippen molar-refractivity contribution < 1.29 is 5.11 Å². The second-order valence-corrected chi connectivity index (χ2v) is 10.1. The van der Waals surface area contributed by atoms with E-state index in [1.807, 2.05) is 6.92 Å². The van der Waals surface area contributed by atoms with Crippen molar-refractivity contribution in [2.24, 2.45) is 0 Å². The minimum Gasteiger partial charge on any atom is -0.392 e. The molecule has 0 radical (unpaired) electrons.